The highest BCUT2D eigenvalue weighted by molar-refractivity contribution is 5.41. The Morgan fingerprint density at radius 1 is 1.50 bits per heavy atom. The van der Waals surface area contributed by atoms with E-state index in [1.807, 2.05) is 13.0 Å². The highest BCUT2D eigenvalue weighted by Gasteiger charge is 2.23. The summed E-state index contributed by atoms with van der Waals surface area (Å²) in [6.07, 6.45) is 0. The number of nitrogens with one attached hydrogen (secondary N) is 1. The third-order valence-electron chi connectivity index (χ3n) is 2.29. The Morgan fingerprint density at radius 2 is 2.21 bits per heavy atom. The maximum Gasteiger partial charge on any atom is 0.222 e. The van der Waals surface area contributed by atoms with E-state index in [4.69, 9.17) is 5.73 Å². The summed E-state index contributed by atoms with van der Waals surface area (Å²) in [6.45, 7) is 4.03. The molecule has 0 spiro atoms. The van der Waals surface area contributed by atoms with Gasteiger partial charge in [0.05, 0.1) is 6.04 Å². The summed E-state index contributed by atoms with van der Waals surface area (Å²) in [6, 6.07) is 2.41. The van der Waals surface area contributed by atoms with Crippen LogP contribution in [-0.2, 0) is 0 Å². The Kier molecular flexibility index (Phi) is 2.25. The van der Waals surface area contributed by atoms with Gasteiger partial charge >= 0.3 is 0 Å². The van der Waals surface area contributed by atoms with E-state index in [2.05, 4.69) is 27.2 Å². The molecule has 0 unspecified atom stereocenters. The second-order valence-corrected chi connectivity index (χ2v) is 3.82. The number of hydrogen-bond acceptors (Lipinski definition) is 5. The zero-order valence-electron chi connectivity index (χ0n) is 8.49. The SMILES string of the molecule is Cc1cc(NC2CN(C)C2)nc(N)n1. The van der Waals surface area contributed by atoms with Gasteiger partial charge in [-0.3, -0.25) is 0 Å². The van der Waals surface area contributed by atoms with E-state index in [9.17, 15) is 0 Å². The fourth-order valence-corrected chi connectivity index (χ4v) is 1.66. The number of likely N-dealkylation sites (tertiary alicyclic amines) is 1. The Hall–Kier alpha value is -1.36. The number of anilines is 2. The van der Waals surface area contributed by atoms with Gasteiger partial charge in [0.2, 0.25) is 5.95 Å². The Morgan fingerprint density at radius 3 is 2.79 bits per heavy atom. The van der Waals surface area contributed by atoms with Crippen molar-refractivity contribution in [2.24, 2.45) is 0 Å². The molecule has 76 valence electrons. The van der Waals surface area contributed by atoms with E-state index in [1.54, 1.807) is 0 Å². The number of nitrogens with two attached hydrogens (primary N) is 1. The van der Waals surface area contributed by atoms with Gasteiger partial charge in [-0.2, -0.15) is 4.98 Å². The summed E-state index contributed by atoms with van der Waals surface area (Å²) in [5.74, 6) is 1.16. The van der Waals surface area contributed by atoms with Crippen molar-refractivity contribution in [3.8, 4) is 0 Å². The first-order valence-electron chi connectivity index (χ1n) is 4.70. The molecule has 0 radical (unpaired) electrons. The molecule has 0 aliphatic carbocycles. The second kappa shape index (κ2) is 3.42. The highest BCUT2D eigenvalue weighted by Crippen LogP contribution is 2.13. The Balaban J connectivity index is 2.02. The van der Waals surface area contributed by atoms with E-state index in [-0.39, 0.29) is 0 Å². The zero-order chi connectivity index (χ0) is 10.1. The van der Waals surface area contributed by atoms with Crippen LogP contribution >= 0.6 is 0 Å². The number of hydrogen-bond donors (Lipinski definition) is 2. The average Bonchev–Trinajstić information content (AvgIpc) is 1.99. The van der Waals surface area contributed by atoms with Gasteiger partial charge < -0.3 is 16.0 Å². The molecule has 1 aromatic rings. The topological polar surface area (TPSA) is 67.1 Å². The predicted octanol–water partition coefficient (Wildman–Crippen LogP) is 0.0931. The molecular formula is C9H15N5. The first-order valence-corrected chi connectivity index (χ1v) is 4.70. The van der Waals surface area contributed by atoms with Crippen molar-refractivity contribution < 1.29 is 0 Å². The van der Waals surface area contributed by atoms with Gasteiger partial charge in [0.25, 0.3) is 0 Å². The number of nitrogen functional groups attached to an aromatic ring is 1. The molecule has 1 aromatic heterocycles. The lowest BCUT2D eigenvalue weighted by atomic mass is 10.1. The summed E-state index contributed by atoms with van der Waals surface area (Å²) >= 11 is 0. The van der Waals surface area contributed by atoms with Gasteiger partial charge in [-0.1, -0.05) is 0 Å². The minimum absolute atomic E-state index is 0.333. The molecule has 0 bridgehead atoms. The van der Waals surface area contributed by atoms with Crippen molar-refractivity contribution >= 4 is 11.8 Å². The van der Waals surface area contributed by atoms with Crippen LogP contribution in [-0.4, -0.2) is 41.0 Å². The third kappa shape index (κ3) is 1.93. The van der Waals surface area contributed by atoms with Crippen LogP contribution in [0.15, 0.2) is 6.07 Å². The van der Waals surface area contributed by atoms with Gasteiger partial charge in [-0.15, -0.1) is 0 Å². The molecule has 1 saturated heterocycles. The van der Waals surface area contributed by atoms with E-state index in [0.29, 0.717) is 12.0 Å². The molecule has 1 aliphatic heterocycles. The molecule has 1 fully saturated rings. The molecule has 0 amide bonds. The standard InChI is InChI=1S/C9H15N5/c1-6-3-8(13-9(10)11-6)12-7-4-14(2)5-7/h3,7H,4-5H2,1-2H3,(H3,10,11,12,13). The monoisotopic (exact) mass is 193 g/mol. The number of aromatic nitrogens is 2. The van der Waals surface area contributed by atoms with Gasteiger partial charge in [0.1, 0.15) is 5.82 Å². The van der Waals surface area contributed by atoms with Crippen molar-refractivity contribution in [3.63, 3.8) is 0 Å². The summed E-state index contributed by atoms with van der Waals surface area (Å²) < 4.78 is 0. The molecule has 5 nitrogen and oxygen atoms in total. The summed E-state index contributed by atoms with van der Waals surface area (Å²) in [4.78, 5) is 10.4. The lowest BCUT2D eigenvalue weighted by Crippen LogP contribution is -2.52. The molecule has 3 N–H and O–H groups in total. The quantitative estimate of drug-likeness (QED) is 0.697. The summed E-state index contributed by atoms with van der Waals surface area (Å²) in [5, 5.41) is 3.32. The average molecular weight is 193 g/mol. The highest BCUT2D eigenvalue weighted by atomic mass is 15.2. The van der Waals surface area contributed by atoms with Crippen molar-refractivity contribution in [2.45, 2.75) is 13.0 Å². The Bertz CT molecular complexity index is 312. The smallest absolute Gasteiger partial charge is 0.222 e. The molecule has 2 heterocycles. The van der Waals surface area contributed by atoms with Gasteiger partial charge in [-0.25, -0.2) is 4.98 Å². The van der Waals surface area contributed by atoms with Gasteiger partial charge in [0, 0.05) is 24.8 Å². The van der Waals surface area contributed by atoms with Crippen LogP contribution in [0.2, 0.25) is 0 Å². The van der Waals surface area contributed by atoms with Crippen molar-refractivity contribution in [1.29, 1.82) is 0 Å². The fourth-order valence-electron chi connectivity index (χ4n) is 1.66. The van der Waals surface area contributed by atoms with Crippen molar-refractivity contribution in [3.05, 3.63) is 11.8 Å². The normalized spacial score (nSPS) is 17.9. The number of aryl methyl sites for hydroxylation is 1. The fraction of sp³-hybridized carbons (Fsp3) is 0.556. The number of likely N-dealkylation sites (N-methyl/N-ethyl adjacent to an activating group) is 1. The van der Waals surface area contributed by atoms with Crippen LogP contribution in [0, 0.1) is 6.92 Å². The minimum Gasteiger partial charge on any atom is -0.368 e. The van der Waals surface area contributed by atoms with Gasteiger partial charge in [0.15, 0.2) is 0 Å². The molecule has 2 rings (SSSR count). The minimum atomic E-state index is 0.333. The van der Waals surface area contributed by atoms with Crippen molar-refractivity contribution in [2.75, 3.05) is 31.2 Å². The zero-order valence-corrected chi connectivity index (χ0v) is 8.49. The molecule has 0 aromatic carbocycles. The summed E-state index contributed by atoms with van der Waals surface area (Å²) in [5.41, 5.74) is 6.45. The first-order chi connectivity index (χ1) is 6.63. The summed E-state index contributed by atoms with van der Waals surface area (Å²) in [7, 11) is 2.10. The molecular weight excluding hydrogens is 178 g/mol. The van der Waals surface area contributed by atoms with Crippen LogP contribution in [0.4, 0.5) is 11.8 Å². The first kappa shape index (κ1) is 9.21. The predicted molar refractivity (Wildman–Crippen MR) is 56.1 cm³/mol. The molecule has 0 atom stereocenters. The lowest BCUT2D eigenvalue weighted by molar-refractivity contribution is 0.205. The number of rotatable bonds is 2. The molecule has 5 heteroatoms. The maximum atomic E-state index is 5.55. The van der Waals surface area contributed by atoms with Crippen LogP contribution in [0.5, 0.6) is 0 Å². The van der Waals surface area contributed by atoms with E-state index in [1.165, 1.54) is 0 Å². The molecule has 0 saturated carbocycles. The molecule has 1 aliphatic rings. The van der Waals surface area contributed by atoms with Crippen LogP contribution in [0.3, 0.4) is 0 Å². The van der Waals surface area contributed by atoms with Crippen LogP contribution in [0.1, 0.15) is 5.69 Å². The van der Waals surface area contributed by atoms with Crippen molar-refractivity contribution in [1.82, 2.24) is 14.9 Å². The van der Waals surface area contributed by atoms with Crippen LogP contribution in [0.25, 0.3) is 0 Å². The third-order valence-corrected chi connectivity index (χ3v) is 2.29. The second-order valence-electron chi connectivity index (χ2n) is 3.82. The molecule has 14 heavy (non-hydrogen) atoms. The van der Waals surface area contributed by atoms with Gasteiger partial charge in [-0.05, 0) is 14.0 Å². The van der Waals surface area contributed by atoms with E-state index in [0.717, 1.165) is 24.6 Å². The number of nitrogens with zero attached hydrogens (tertiary/aromatic N) is 3. The maximum absolute atomic E-state index is 5.55. The van der Waals surface area contributed by atoms with E-state index < -0.39 is 0 Å². The largest absolute Gasteiger partial charge is 0.368 e. The van der Waals surface area contributed by atoms with Crippen LogP contribution < -0.4 is 11.1 Å². The van der Waals surface area contributed by atoms with E-state index >= 15 is 0 Å². The lowest BCUT2D eigenvalue weighted by Gasteiger charge is -2.36. The Labute approximate surface area is 83.3 Å².